The molecule has 122 valence electrons. The Morgan fingerprint density at radius 2 is 1.75 bits per heavy atom. The summed E-state index contributed by atoms with van der Waals surface area (Å²) in [5.74, 6) is 2.56. The number of Topliss-reactive ketones (excluding diaryl/α,β-unsaturated/α-hetero) is 1. The molecule has 0 saturated carbocycles. The lowest BCUT2D eigenvalue weighted by molar-refractivity contribution is 0.0980. The minimum absolute atomic E-state index is 0.147. The summed E-state index contributed by atoms with van der Waals surface area (Å²) in [4.78, 5) is 19.6. The van der Waals surface area contributed by atoms with E-state index in [4.69, 9.17) is 4.74 Å². The van der Waals surface area contributed by atoms with Crippen LogP contribution in [0.5, 0.6) is 11.5 Å². The molecule has 0 unspecified atom stereocenters. The third-order valence-electron chi connectivity index (χ3n) is 3.75. The molecule has 0 aliphatic heterocycles. The van der Waals surface area contributed by atoms with Crippen LogP contribution in [0.1, 0.15) is 34.7 Å². The Morgan fingerprint density at radius 3 is 2.42 bits per heavy atom. The summed E-state index contributed by atoms with van der Waals surface area (Å²) in [6.45, 7) is 1.92. The van der Waals surface area contributed by atoms with E-state index in [1.165, 1.54) is 0 Å². The number of carbonyl (C=O) groups is 1. The number of aryl methyl sites for hydroxylation is 2. The number of hydrogen-bond acceptors (Lipinski definition) is 3. The average Bonchev–Trinajstić information content (AvgIpc) is 3.02. The van der Waals surface area contributed by atoms with Crippen molar-refractivity contribution < 1.29 is 9.53 Å². The zero-order valence-corrected chi connectivity index (χ0v) is 13.7. The van der Waals surface area contributed by atoms with Crippen LogP contribution in [0, 0.1) is 6.92 Å². The van der Waals surface area contributed by atoms with E-state index in [0.29, 0.717) is 12.0 Å². The van der Waals surface area contributed by atoms with E-state index >= 15 is 0 Å². The fourth-order valence-electron chi connectivity index (χ4n) is 2.50. The monoisotopic (exact) mass is 320 g/mol. The van der Waals surface area contributed by atoms with E-state index in [0.717, 1.165) is 35.9 Å². The molecule has 0 amide bonds. The summed E-state index contributed by atoms with van der Waals surface area (Å²) in [6.07, 6.45) is 4.02. The maximum absolute atomic E-state index is 12.2. The normalized spacial score (nSPS) is 10.5. The van der Waals surface area contributed by atoms with Gasteiger partial charge in [-0.3, -0.25) is 4.79 Å². The second kappa shape index (κ2) is 7.59. The van der Waals surface area contributed by atoms with Crippen LogP contribution in [0.2, 0.25) is 0 Å². The average molecular weight is 320 g/mol. The van der Waals surface area contributed by atoms with E-state index in [1.54, 1.807) is 0 Å². The van der Waals surface area contributed by atoms with Crippen LogP contribution < -0.4 is 4.74 Å². The van der Waals surface area contributed by atoms with Gasteiger partial charge in [-0.05, 0) is 56.2 Å². The first kappa shape index (κ1) is 16.0. The Balaban J connectivity index is 1.52. The minimum Gasteiger partial charge on any atom is -0.457 e. The summed E-state index contributed by atoms with van der Waals surface area (Å²) in [5.41, 5.74) is 1.72. The Morgan fingerprint density at radius 1 is 1.04 bits per heavy atom. The lowest BCUT2D eigenvalue weighted by Crippen LogP contribution is -2.00. The first-order valence-corrected chi connectivity index (χ1v) is 8.08. The van der Waals surface area contributed by atoms with E-state index in [2.05, 4.69) is 9.97 Å². The number of rotatable bonds is 7. The van der Waals surface area contributed by atoms with Crippen molar-refractivity contribution in [2.24, 2.45) is 0 Å². The number of benzene rings is 2. The summed E-state index contributed by atoms with van der Waals surface area (Å²) < 4.78 is 5.73. The highest BCUT2D eigenvalue weighted by atomic mass is 16.5. The highest BCUT2D eigenvalue weighted by Crippen LogP contribution is 2.21. The quantitative estimate of drug-likeness (QED) is 0.641. The van der Waals surface area contributed by atoms with Gasteiger partial charge in [-0.15, -0.1) is 0 Å². The molecule has 0 aliphatic rings. The highest BCUT2D eigenvalue weighted by Gasteiger charge is 2.07. The second-order valence-corrected chi connectivity index (χ2v) is 5.69. The third kappa shape index (κ3) is 4.32. The van der Waals surface area contributed by atoms with Gasteiger partial charge in [0.05, 0.1) is 5.69 Å². The van der Waals surface area contributed by atoms with Crippen LogP contribution >= 0.6 is 0 Å². The van der Waals surface area contributed by atoms with Gasteiger partial charge < -0.3 is 9.72 Å². The van der Waals surface area contributed by atoms with Gasteiger partial charge in [0.15, 0.2) is 5.78 Å². The molecular formula is C20H20N2O2. The number of hydrogen-bond donors (Lipinski definition) is 1. The number of para-hydroxylation sites is 1. The molecule has 0 bridgehead atoms. The Kier molecular flexibility index (Phi) is 5.06. The van der Waals surface area contributed by atoms with Crippen molar-refractivity contribution in [2.75, 3.05) is 0 Å². The van der Waals surface area contributed by atoms with Crippen molar-refractivity contribution in [1.82, 2.24) is 9.97 Å². The fourth-order valence-corrected chi connectivity index (χ4v) is 2.50. The number of nitrogens with one attached hydrogen (secondary N) is 1. The molecule has 4 nitrogen and oxygen atoms in total. The van der Waals surface area contributed by atoms with Crippen LogP contribution in [0.4, 0.5) is 0 Å². The summed E-state index contributed by atoms with van der Waals surface area (Å²) in [6, 6.07) is 16.9. The maximum Gasteiger partial charge on any atom is 0.162 e. The molecule has 3 rings (SSSR count). The van der Waals surface area contributed by atoms with E-state index < -0.39 is 0 Å². The van der Waals surface area contributed by atoms with Crippen LogP contribution in [0.15, 0.2) is 60.8 Å². The molecule has 1 N–H and O–H groups in total. The second-order valence-electron chi connectivity index (χ2n) is 5.69. The first-order chi connectivity index (χ1) is 11.7. The zero-order valence-electron chi connectivity index (χ0n) is 13.7. The van der Waals surface area contributed by atoms with Gasteiger partial charge in [-0.2, -0.15) is 0 Å². The van der Waals surface area contributed by atoms with Crippen LogP contribution in [0.3, 0.4) is 0 Å². The number of aromatic amines is 1. The van der Waals surface area contributed by atoms with Crippen molar-refractivity contribution in [1.29, 1.82) is 0 Å². The fraction of sp³-hybridized carbons (Fsp3) is 0.200. The molecule has 24 heavy (non-hydrogen) atoms. The van der Waals surface area contributed by atoms with Gasteiger partial charge in [-0.25, -0.2) is 4.98 Å². The first-order valence-electron chi connectivity index (χ1n) is 8.08. The predicted molar refractivity (Wildman–Crippen MR) is 93.6 cm³/mol. The van der Waals surface area contributed by atoms with E-state index in [9.17, 15) is 4.79 Å². The van der Waals surface area contributed by atoms with E-state index in [-0.39, 0.29) is 5.78 Å². The minimum atomic E-state index is 0.147. The Hall–Kier alpha value is -2.88. The zero-order chi connectivity index (χ0) is 16.8. The smallest absolute Gasteiger partial charge is 0.162 e. The SMILES string of the molecule is Cc1nc(CCCC(=O)c2ccc(Oc3ccccc3)cc2)c[nH]1. The molecule has 2 aromatic carbocycles. The molecule has 1 heterocycles. The van der Waals surface area contributed by atoms with Gasteiger partial charge >= 0.3 is 0 Å². The Bertz CT molecular complexity index is 792. The predicted octanol–water partition coefficient (Wildman–Crippen LogP) is 4.72. The largest absolute Gasteiger partial charge is 0.457 e. The molecule has 0 saturated heterocycles. The highest BCUT2D eigenvalue weighted by molar-refractivity contribution is 5.96. The van der Waals surface area contributed by atoms with Crippen molar-refractivity contribution in [3.05, 3.63) is 77.9 Å². The van der Waals surface area contributed by atoms with Crippen molar-refractivity contribution >= 4 is 5.78 Å². The number of carbonyl (C=O) groups excluding carboxylic acids is 1. The third-order valence-corrected chi connectivity index (χ3v) is 3.75. The molecule has 4 heteroatoms. The molecule has 3 aromatic rings. The lowest BCUT2D eigenvalue weighted by atomic mass is 10.0. The molecular weight excluding hydrogens is 300 g/mol. The number of ether oxygens (including phenoxy) is 1. The lowest BCUT2D eigenvalue weighted by Gasteiger charge is -2.06. The summed E-state index contributed by atoms with van der Waals surface area (Å²) in [5, 5.41) is 0. The number of H-pyrrole nitrogens is 1. The van der Waals surface area contributed by atoms with Crippen LogP contribution in [-0.4, -0.2) is 15.8 Å². The summed E-state index contributed by atoms with van der Waals surface area (Å²) >= 11 is 0. The van der Waals surface area contributed by atoms with E-state index in [1.807, 2.05) is 67.7 Å². The van der Waals surface area contributed by atoms with Crippen molar-refractivity contribution in [3.8, 4) is 11.5 Å². The standard InChI is InChI=1S/C20H20N2O2/c1-15-21-14-17(22-15)6-5-9-20(23)16-10-12-19(13-11-16)24-18-7-3-2-4-8-18/h2-4,7-8,10-14H,5-6,9H2,1H3,(H,21,22). The number of nitrogens with zero attached hydrogens (tertiary/aromatic N) is 1. The Labute approximate surface area is 141 Å². The number of imidazole rings is 1. The van der Waals surface area contributed by atoms with Gasteiger partial charge in [0.2, 0.25) is 0 Å². The molecule has 0 radical (unpaired) electrons. The molecule has 0 aliphatic carbocycles. The number of aromatic nitrogens is 2. The van der Waals surface area contributed by atoms with Gasteiger partial charge in [0.25, 0.3) is 0 Å². The van der Waals surface area contributed by atoms with Crippen molar-refractivity contribution in [2.45, 2.75) is 26.2 Å². The maximum atomic E-state index is 12.2. The molecule has 0 fully saturated rings. The van der Waals surface area contributed by atoms with Gasteiger partial charge in [0.1, 0.15) is 17.3 Å². The molecule has 1 aromatic heterocycles. The van der Waals surface area contributed by atoms with Gasteiger partial charge in [0, 0.05) is 18.2 Å². The van der Waals surface area contributed by atoms with Gasteiger partial charge in [-0.1, -0.05) is 18.2 Å². The summed E-state index contributed by atoms with van der Waals surface area (Å²) in [7, 11) is 0. The van der Waals surface area contributed by atoms with Crippen molar-refractivity contribution in [3.63, 3.8) is 0 Å². The molecule has 0 atom stereocenters. The topological polar surface area (TPSA) is 55.0 Å². The molecule has 0 spiro atoms. The van der Waals surface area contributed by atoms with Crippen LogP contribution in [0.25, 0.3) is 0 Å². The number of ketones is 1. The van der Waals surface area contributed by atoms with Crippen LogP contribution in [-0.2, 0) is 6.42 Å².